The van der Waals surface area contributed by atoms with Crippen LogP contribution in [0, 0.1) is 4.77 Å². The molecule has 0 spiro atoms. The number of rotatable bonds is 3. The molecule has 9 heteroatoms. The van der Waals surface area contributed by atoms with Crippen molar-refractivity contribution in [2.45, 2.75) is 6.54 Å². The summed E-state index contributed by atoms with van der Waals surface area (Å²) in [5.41, 5.74) is 0.354. The maximum absolute atomic E-state index is 12.7. The van der Waals surface area contributed by atoms with Crippen LogP contribution in [0.3, 0.4) is 0 Å². The molecule has 2 aromatic rings. The van der Waals surface area contributed by atoms with Crippen molar-refractivity contribution in [2.75, 3.05) is 33.4 Å². The van der Waals surface area contributed by atoms with Gasteiger partial charge in [-0.2, -0.15) is 0 Å². The van der Waals surface area contributed by atoms with Gasteiger partial charge >= 0.3 is 5.97 Å². The summed E-state index contributed by atoms with van der Waals surface area (Å²) in [6.07, 6.45) is 0. The fraction of sp³-hybridized carbons (Fsp3) is 0.375. The Bertz CT molecular complexity index is 943. The highest BCUT2D eigenvalue weighted by Crippen LogP contribution is 2.12. The normalized spacial score (nSPS) is 14.5. The number of carbonyl (C=O) groups excluding carboxylic acids is 2. The SMILES string of the molecule is COC(=O)c1ccc2c(=O)n(CC(=O)N3CCOCC3)c(=S)[nH]c2c1. The molecule has 25 heavy (non-hydrogen) atoms. The van der Waals surface area contributed by atoms with Gasteiger partial charge in [-0.25, -0.2) is 4.79 Å². The zero-order chi connectivity index (χ0) is 18.0. The van der Waals surface area contributed by atoms with E-state index in [-0.39, 0.29) is 22.8 Å². The largest absolute Gasteiger partial charge is 0.465 e. The van der Waals surface area contributed by atoms with Crippen LogP contribution < -0.4 is 5.56 Å². The Labute approximate surface area is 148 Å². The Balaban J connectivity index is 1.96. The van der Waals surface area contributed by atoms with Crippen LogP contribution in [0.4, 0.5) is 0 Å². The highest BCUT2D eigenvalue weighted by molar-refractivity contribution is 7.71. The topological polar surface area (TPSA) is 93.6 Å². The first-order chi connectivity index (χ1) is 12.0. The summed E-state index contributed by atoms with van der Waals surface area (Å²) in [7, 11) is 1.28. The monoisotopic (exact) mass is 363 g/mol. The van der Waals surface area contributed by atoms with Crippen molar-refractivity contribution in [3.05, 3.63) is 38.9 Å². The van der Waals surface area contributed by atoms with E-state index in [9.17, 15) is 14.4 Å². The highest BCUT2D eigenvalue weighted by atomic mass is 32.1. The van der Waals surface area contributed by atoms with Crippen LogP contribution in [0.2, 0.25) is 0 Å². The molecule has 0 bridgehead atoms. The van der Waals surface area contributed by atoms with Crippen molar-refractivity contribution < 1.29 is 19.1 Å². The van der Waals surface area contributed by atoms with Gasteiger partial charge in [0.25, 0.3) is 5.56 Å². The molecule has 8 nitrogen and oxygen atoms in total. The van der Waals surface area contributed by atoms with Crippen molar-refractivity contribution in [3.8, 4) is 0 Å². The number of ether oxygens (including phenoxy) is 2. The van der Waals surface area contributed by atoms with Gasteiger partial charge in [0.15, 0.2) is 4.77 Å². The van der Waals surface area contributed by atoms with Crippen molar-refractivity contribution in [1.29, 1.82) is 0 Å². The van der Waals surface area contributed by atoms with E-state index in [2.05, 4.69) is 9.72 Å². The van der Waals surface area contributed by atoms with E-state index in [1.807, 2.05) is 0 Å². The molecule has 0 radical (unpaired) electrons. The lowest BCUT2D eigenvalue weighted by atomic mass is 10.1. The first-order valence-corrected chi connectivity index (χ1v) is 8.13. The molecular weight excluding hydrogens is 346 g/mol. The molecule has 3 rings (SSSR count). The van der Waals surface area contributed by atoms with Gasteiger partial charge in [0.2, 0.25) is 5.91 Å². The first-order valence-electron chi connectivity index (χ1n) is 7.72. The molecular formula is C16H17N3O5S. The minimum absolute atomic E-state index is 0.126. The number of methoxy groups -OCH3 is 1. The summed E-state index contributed by atoms with van der Waals surface area (Å²) < 4.78 is 11.2. The summed E-state index contributed by atoms with van der Waals surface area (Å²) in [6.45, 7) is 1.84. The third kappa shape index (κ3) is 3.47. The number of aromatic nitrogens is 2. The number of benzene rings is 1. The Kier molecular flexibility index (Phi) is 4.95. The number of hydrogen-bond donors (Lipinski definition) is 1. The molecule has 1 amide bonds. The molecule has 1 fully saturated rings. The van der Waals surface area contributed by atoms with Crippen molar-refractivity contribution in [2.24, 2.45) is 0 Å². The first kappa shape index (κ1) is 17.3. The van der Waals surface area contributed by atoms with Crippen LogP contribution in [0.5, 0.6) is 0 Å². The second kappa shape index (κ2) is 7.16. The fourth-order valence-corrected chi connectivity index (χ4v) is 2.95. The Hall–Kier alpha value is -2.52. The van der Waals surface area contributed by atoms with Crippen LogP contribution in [0.15, 0.2) is 23.0 Å². The number of hydrogen-bond acceptors (Lipinski definition) is 6. The van der Waals surface area contributed by atoms with Gasteiger partial charge in [-0.15, -0.1) is 0 Å². The molecule has 0 saturated carbocycles. The Morgan fingerprint density at radius 3 is 2.72 bits per heavy atom. The van der Waals surface area contributed by atoms with Crippen molar-refractivity contribution >= 4 is 35.0 Å². The van der Waals surface area contributed by atoms with Gasteiger partial charge in [-0.1, -0.05) is 0 Å². The zero-order valence-electron chi connectivity index (χ0n) is 13.6. The van der Waals surface area contributed by atoms with Gasteiger partial charge in [-0.05, 0) is 30.4 Å². The fourth-order valence-electron chi connectivity index (χ4n) is 2.69. The number of esters is 1. The number of nitrogens with zero attached hydrogens (tertiary/aromatic N) is 2. The minimum atomic E-state index is -0.507. The molecule has 0 atom stereocenters. The van der Waals surface area contributed by atoms with E-state index < -0.39 is 5.97 Å². The maximum Gasteiger partial charge on any atom is 0.337 e. The maximum atomic E-state index is 12.7. The number of aromatic amines is 1. The number of carbonyl (C=O) groups is 2. The van der Waals surface area contributed by atoms with Crippen LogP contribution in [0.25, 0.3) is 10.9 Å². The summed E-state index contributed by atoms with van der Waals surface area (Å²) in [5.74, 6) is -0.691. The van der Waals surface area contributed by atoms with Crippen LogP contribution in [-0.4, -0.2) is 59.7 Å². The standard InChI is InChI=1S/C16H17N3O5S/c1-23-15(22)10-2-3-11-12(8-10)17-16(25)19(14(11)21)9-13(20)18-4-6-24-7-5-18/h2-3,8H,4-7,9H2,1H3,(H,17,25). The van der Waals surface area contributed by atoms with Gasteiger partial charge in [0, 0.05) is 13.1 Å². The molecule has 1 aromatic heterocycles. The number of H-pyrrole nitrogens is 1. The van der Waals surface area contributed by atoms with E-state index >= 15 is 0 Å². The summed E-state index contributed by atoms with van der Waals surface area (Å²) in [5, 5.41) is 0.344. The van der Waals surface area contributed by atoms with E-state index in [0.717, 1.165) is 0 Å². The number of nitrogens with one attached hydrogen (secondary N) is 1. The minimum Gasteiger partial charge on any atom is -0.465 e. The molecule has 132 valence electrons. The predicted octanol–water partition coefficient (Wildman–Crippen LogP) is 0.704. The second-order valence-electron chi connectivity index (χ2n) is 5.57. The summed E-state index contributed by atoms with van der Waals surface area (Å²) >= 11 is 5.22. The third-order valence-electron chi connectivity index (χ3n) is 4.06. The molecule has 1 aliphatic rings. The molecule has 1 aromatic carbocycles. The van der Waals surface area contributed by atoms with Gasteiger partial charge in [0.1, 0.15) is 6.54 Å². The average molecular weight is 363 g/mol. The summed E-state index contributed by atoms with van der Waals surface area (Å²) in [6, 6.07) is 4.53. The lowest BCUT2D eigenvalue weighted by Crippen LogP contribution is -2.43. The van der Waals surface area contributed by atoms with Crippen molar-refractivity contribution in [1.82, 2.24) is 14.5 Å². The number of morpholine rings is 1. The zero-order valence-corrected chi connectivity index (χ0v) is 14.4. The van der Waals surface area contributed by atoms with Crippen molar-refractivity contribution in [3.63, 3.8) is 0 Å². The number of fused-ring (bicyclic) bond motifs is 1. The quantitative estimate of drug-likeness (QED) is 0.637. The second-order valence-corrected chi connectivity index (χ2v) is 5.95. The average Bonchev–Trinajstić information content (AvgIpc) is 2.64. The summed E-state index contributed by atoms with van der Waals surface area (Å²) in [4.78, 5) is 41.2. The highest BCUT2D eigenvalue weighted by Gasteiger charge is 2.19. The third-order valence-corrected chi connectivity index (χ3v) is 4.38. The smallest absolute Gasteiger partial charge is 0.337 e. The van der Waals surface area contributed by atoms with Gasteiger partial charge in [0.05, 0.1) is 36.8 Å². The lowest BCUT2D eigenvalue weighted by Gasteiger charge is -2.27. The Morgan fingerprint density at radius 2 is 2.04 bits per heavy atom. The predicted molar refractivity (Wildman–Crippen MR) is 92.1 cm³/mol. The molecule has 0 unspecified atom stereocenters. The number of amides is 1. The van der Waals surface area contributed by atoms with Crippen LogP contribution in [-0.2, 0) is 20.8 Å². The molecule has 1 aliphatic heterocycles. The molecule has 2 heterocycles. The molecule has 1 N–H and O–H groups in total. The lowest BCUT2D eigenvalue weighted by molar-refractivity contribution is -0.136. The van der Waals surface area contributed by atoms with Gasteiger partial charge < -0.3 is 19.4 Å². The Morgan fingerprint density at radius 1 is 1.32 bits per heavy atom. The van der Waals surface area contributed by atoms with Crippen LogP contribution in [0.1, 0.15) is 10.4 Å². The van der Waals surface area contributed by atoms with E-state index in [4.69, 9.17) is 17.0 Å². The van der Waals surface area contributed by atoms with Gasteiger partial charge in [-0.3, -0.25) is 14.2 Å². The molecule has 1 saturated heterocycles. The molecule has 0 aliphatic carbocycles. The van der Waals surface area contributed by atoms with Crippen LogP contribution >= 0.6 is 12.2 Å². The van der Waals surface area contributed by atoms with E-state index in [0.29, 0.717) is 42.8 Å². The van der Waals surface area contributed by atoms with E-state index in [1.165, 1.54) is 29.9 Å². The van der Waals surface area contributed by atoms with E-state index in [1.54, 1.807) is 4.90 Å².